The Morgan fingerprint density at radius 3 is 3.12 bits per heavy atom. The molecule has 2 heteroatoms. The van der Waals surface area contributed by atoms with Crippen LogP contribution in [-0.4, -0.2) is 5.11 Å². The van der Waals surface area contributed by atoms with Crippen molar-refractivity contribution in [3.8, 4) is 0 Å². The monoisotopic (exact) mass is 246 g/mol. The van der Waals surface area contributed by atoms with Crippen LogP contribution in [-0.2, 0) is 5.60 Å². The summed E-state index contributed by atoms with van der Waals surface area (Å²) < 4.78 is 1.27. The molecule has 0 amide bonds. The summed E-state index contributed by atoms with van der Waals surface area (Å²) in [6.07, 6.45) is 4.30. The fourth-order valence-corrected chi connectivity index (χ4v) is 4.29. The molecule has 17 heavy (non-hydrogen) atoms. The first-order chi connectivity index (χ1) is 8.25. The van der Waals surface area contributed by atoms with E-state index in [9.17, 15) is 5.11 Å². The maximum absolute atomic E-state index is 11.0. The molecule has 2 unspecified atom stereocenters. The highest BCUT2D eigenvalue weighted by molar-refractivity contribution is 7.17. The Bertz CT molecular complexity index is 530. The minimum Gasteiger partial charge on any atom is -0.385 e. The summed E-state index contributed by atoms with van der Waals surface area (Å²) in [5, 5.41) is 14.4. The van der Waals surface area contributed by atoms with Gasteiger partial charge in [-0.15, -0.1) is 11.3 Å². The van der Waals surface area contributed by atoms with Crippen LogP contribution in [0.2, 0.25) is 0 Å². The molecule has 0 radical (unpaired) electrons. The molecule has 0 aliphatic heterocycles. The lowest BCUT2D eigenvalue weighted by atomic mass is 9.82. The van der Waals surface area contributed by atoms with Crippen LogP contribution in [0.15, 0.2) is 29.6 Å². The second kappa shape index (κ2) is 4.11. The van der Waals surface area contributed by atoms with Gasteiger partial charge in [-0.25, -0.2) is 0 Å². The maximum Gasteiger partial charge on any atom is 0.0938 e. The zero-order valence-corrected chi connectivity index (χ0v) is 11.0. The van der Waals surface area contributed by atoms with Crippen LogP contribution in [0.1, 0.15) is 38.2 Å². The zero-order chi connectivity index (χ0) is 11.9. The molecule has 1 fully saturated rings. The van der Waals surface area contributed by atoms with Crippen LogP contribution in [0, 0.1) is 5.92 Å². The van der Waals surface area contributed by atoms with Crippen LogP contribution < -0.4 is 0 Å². The van der Waals surface area contributed by atoms with Gasteiger partial charge in [-0.3, -0.25) is 0 Å². The highest BCUT2D eigenvalue weighted by Gasteiger charge is 2.42. The van der Waals surface area contributed by atoms with E-state index in [2.05, 4.69) is 36.6 Å². The third-order valence-electron chi connectivity index (χ3n) is 4.22. The topological polar surface area (TPSA) is 20.2 Å². The number of rotatable bonds is 2. The van der Waals surface area contributed by atoms with Crippen molar-refractivity contribution in [1.82, 2.24) is 0 Å². The minimum atomic E-state index is -0.584. The largest absolute Gasteiger partial charge is 0.385 e. The van der Waals surface area contributed by atoms with Gasteiger partial charge in [0.2, 0.25) is 0 Å². The third-order valence-corrected chi connectivity index (χ3v) is 5.19. The Labute approximate surface area is 106 Å². The summed E-state index contributed by atoms with van der Waals surface area (Å²) >= 11 is 1.75. The Morgan fingerprint density at radius 2 is 2.29 bits per heavy atom. The number of hydrogen-bond donors (Lipinski definition) is 1. The van der Waals surface area contributed by atoms with E-state index in [-0.39, 0.29) is 0 Å². The number of benzene rings is 1. The lowest BCUT2D eigenvalue weighted by molar-refractivity contribution is -0.00231. The Balaban J connectivity index is 2.17. The quantitative estimate of drug-likeness (QED) is 0.837. The van der Waals surface area contributed by atoms with Gasteiger partial charge in [0.25, 0.3) is 0 Å². The standard InChI is InChI=1S/C15H18OS/c1-2-12-6-4-9-15(12,16)13-7-3-5-11-8-10-17-14(11)13/h3,5,7-8,10,12,16H,2,4,6,9H2,1H3. The van der Waals surface area contributed by atoms with Gasteiger partial charge in [0.05, 0.1) is 5.60 Å². The normalized spacial score (nSPS) is 28.9. The predicted octanol–water partition coefficient (Wildman–Crippen LogP) is 4.30. The SMILES string of the molecule is CCC1CCCC1(O)c1cccc2ccsc12. The smallest absolute Gasteiger partial charge is 0.0938 e. The van der Waals surface area contributed by atoms with E-state index in [1.807, 2.05) is 0 Å². The van der Waals surface area contributed by atoms with Gasteiger partial charge in [0.15, 0.2) is 0 Å². The lowest BCUT2D eigenvalue weighted by Crippen LogP contribution is -2.29. The molecule has 1 aromatic carbocycles. The second-order valence-electron chi connectivity index (χ2n) is 5.07. The molecule has 0 bridgehead atoms. The fourth-order valence-electron chi connectivity index (χ4n) is 3.29. The fraction of sp³-hybridized carbons (Fsp3) is 0.467. The number of aliphatic hydroxyl groups is 1. The molecule has 1 nitrogen and oxygen atoms in total. The van der Waals surface area contributed by atoms with Gasteiger partial charge in [0, 0.05) is 10.3 Å². The highest BCUT2D eigenvalue weighted by Crippen LogP contribution is 2.47. The van der Waals surface area contributed by atoms with Crippen molar-refractivity contribution in [1.29, 1.82) is 0 Å². The molecule has 1 N–H and O–H groups in total. The number of thiophene rings is 1. The van der Waals surface area contributed by atoms with Crippen molar-refractivity contribution >= 4 is 21.4 Å². The molecule has 2 aromatic rings. The lowest BCUT2D eigenvalue weighted by Gasteiger charge is -2.30. The molecule has 2 atom stereocenters. The van der Waals surface area contributed by atoms with E-state index in [4.69, 9.17) is 0 Å². The molecular formula is C15H18OS. The predicted molar refractivity (Wildman–Crippen MR) is 73.4 cm³/mol. The minimum absolute atomic E-state index is 0.426. The average Bonchev–Trinajstić information content (AvgIpc) is 2.94. The summed E-state index contributed by atoms with van der Waals surface area (Å²) in [7, 11) is 0. The van der Waals surface area contributed by atoms with Crippen LogP contribution in [0.25, 0.3) is 10.1 Å². The molecule has 1 aliphatic rings. The summed E-state index contributed by atoms with van der Waals surface area (Å²) in [4.78, 5) is 0. The molecular weight excluding hydrogens is 228 g/mol. The van der Waals surface area contributed by atoms with Crippen molar-refractivity contribution in [3.05, 3.63) is 35.2 Å². The van der Waals surface area contributed by atoms with Gasteiger partial charge in [-0.05, 0) is 42.0 Å². The van der Waals surface area contributed by atoms with E-state index < -0.39 is 5.60 Å². The van der Waals surface area contributed by atoms with Gasteiger partial charge in [-0.1, -0.05) is 31.5 Å². The second-order valence-corrected chi connectivity index (χ2v) is 5.98. The molecule has 0 saturated heterocycles. The Morgan fingerprint density at radius 1 is 1.41 bits per heavy atom. The number of hydrogen-bond acceptors (Lipinski definition) is 2. The molecule has 1 aliphatic carbocycles. The summed E-state index contributed by atoms with van der Waals surface area (Å²) in [6, 6.07) is 8.47. The van der Waals surface area contributed by atoms with E-state index >= 15 is 0 Å². The van der Waals surface area contributed by atoms with Gasteiger partial charge in [0.1, 0.15) is 0 Å². The van der Waals surface area contributed by atoms with Gasteiger partial charge >= 0.3 is 0 Å². The van der Waals surface area contributed by atoms with E-state index in [0.29, 0.717) is 5.92 Å². The van der Waals surface area contributed by atoms with Crippen molar-refractivity contribution in [2.24, 2.45) is 5.92 Å². The highest BCUT2D eigenvalue weighted by atomic mass is 32.1. The van der Waals surface area contributed by atoms with Crippen molar-refractivity contribution in [3.63, 3.8) is 0 Å². The molecule has 0 spiro atoms. The first-order valence-corrected chi connectivity index (χ1v) is 7.32. The zero-order valence-electron chi connectivity index (χ0n) is 10.1. The Kier molecular flexibility index (Phi) is 2.72. The molecule has 1 saturated carbocycles. The first kappa shape index (κ1) is 11.2. The molecule has 1 aromatic heterocycles. The first-order valence-electron chi connectivity index (χ1n) is 6.45. The van der Waals surface area contributed by atoms with E-state index in [1.165, 1.54) is 10.1 Å². The van der Waals surface area contributed by atoms with Crippen LogP contribution in [0.3, 0.4) is 0 Å². The van der Waals surface area contributed by atoms with E-state index in [0.717, 1.165) is 31.2 Å². The maximum atomic E-state index is 11.0. The molecule has 3 rings (SSSR count). The summed E-state index contributed by atoms with van der Waals surface area (Å²) in [5.41, 5.74) is 0.577. The van der Waals surface area contributed by atoms with Crippen molar-refractivity contribution < 1.29 is 5.11 Å². The van der Waals surface area contributed by atoms with Gasteiger partial charge in [-0.2, -0.15) is 0 Å². The molecule has 90 valence electrons. The molecule has 1 heterocycles. The van der Waals surface area contributed by atoms with Crippen LogP contribution in [0.4, 0.5) is 0 Å². The van der Waals surface area contributed by atoms with Crippen LogP contribution >= 0.6 is 11.3 Å². The van der Waals surface area contributed by atoms with Crippen molar-refractivity contribution in [2.45, 2.75) is 38.2 Å². The van der Waals surface area contributed by atoms with Crippen LogP contribution in [0.5, 0.6) is 0 Å². The number of fused-ring (bicyclic) bond motifs is 1. The van der Waals surface area contributed by atoms with E-state index in [1.54, 1.807) is 11.3 Å². The summed E-state index contributed by atoms with van der Waals surface area (Å²) in [5.74, 6) is 0.426. The third kappa shape index (κ3) is 1.62. The van der Waals surface area contributed by atoms with Crippen molar-refractivity contribution in [2.75, 3.05) is 0 Å². The van der Waals surface area contributed by atoms with Gasteiger partial charge < -0.3 is 5.11 Å². The summed E-state index contributed by atoms with van der Waals surface area (Å²) in [6.45, 7) is 2.19. The average molecular weight is 246 g/mol. The Hall–Kier alpha value is -0.860.